The van der Waals surface area contributed by atoms with Crippen molar-refractivity contribution in [2.24, 2.45) is 0 Å². The molecule has 0 aliphatic heterocycles. The summed E-state index contributed by atoms with van der Waals surface area (Å²) >= 11 is 0. The van der Waals surface area contributed by atoms with Gasteiger partial charge in [-0.05, 0) is 56.7 Å². The van der Waals surface area contributed by atoms with Crippen LogP contribution in [0.5, 0.6) is 0 Å². The summed E-state index contributed by atoms with van der Waals surface area (Å²) in [6, 6.07) is 10.5. The van der Waals surface area contributed by atoms with Gasteiger partial charge >= 0.3 is 6.09 Å². The largest absolute Gasteiger partial charge is 0.444 e. The lowest BCUT2D eigenvalue weighted by Gasteiger charge is -2.19. The zero-order chi connectivity index (χ0) is 19.4. The van der Waals surface area contributed by atoms with Gasteiger partial charge in [-0.3, -0.25) is 10.1 Å². The summed E-state index contributed by atoms with van der Waals surface area (Å²) in [4.78, 5) is 28.3. The van der Waals surface area contributed by atoms with Gasteiger partial charge in [0, 0.05) is 36.4 Å². The van der Waals surface area contributed by atoms with E-state index in [1.54, 1.807) is 51.2 Å². The van der Waals surface area contributed by atoms with Crippen molar-refractivity contribution in [3.8, 4) is 0 Å². The summed E-state index contributed by atoms with van der Waals surface area (Å²) in [5.41, 5.74) is 2.33. The first kappa shape index (κ1) is 18.4. The van der Waals surface area contributed by atoms with Gasteiger partial charge in [-0.25, -0.2) is 9.78 Å². The lowest BCUT2D eigenvalue weighted by atomic mass is 10.2. The van der Waals surface area contributed by atoms with E-state index in [0.29, 0.717) is 17.8 Å². The highest BCUT2D eigenvalue weighted by Crippen LogP contribution is 2.13. The van der Waals surface area contributed by atoms with Crippen molar-refractivity contribution >= 4 is 23.3 Å². The molecule has 0 saturated heterocycles. The number of aromatic nitrogens is 2. The average Bonchev–Trinajstić information content (AvgIpc) is 3.06. The van der Waals surface area contributed by atoms with Gasteiger partial charge in [0.25, 0.3) is 5.91 Å². The fraction of sp³-hybridized carbons (Fsp3) is 0.250. The highest BCUT2D eigenvalue weighted by atomic mass is 16.6. The van der Waals surface area contributed by atoms with Gasteiger partial charge in [0.2, 0.25) is 0 Å². The summed E-state index contributed by atoms with van der Waals surface area (Å²) in [5.74, 6) is -0.190. The van der Waals surface area contributed by atoms with E-state index in [9.17, 15) is 9.59 Å². The molecule has 0 aliphatic rings. The van der Waals surface area contributed by atoms with Gasteiger partial charge in [0.1, 0.15) is 11.2 Å². The second-order valence-corrected chi connectivity index (χ2v) is 7.12. The SMILES string of the molecule is CC(C)(C)OC(=O)Nc1ccc(C(=O)NCc2ccc3nccn3c2)cc1. The molecule has 7 heteroatoms. The zero-order valence-corrected chi connectivity index (χ0v) is 15.5. The van der Waals surface area contributed by atoms with Crippen LogP contribution in [0.25, 0.3) is 5.65 Å². The van der Waals surface area contributed by atoms with Crippen LogP contribution in [0, 0.1) is 0 Å². The number of pyridine rings is 1. The molecule has 1 aromatic carbocycles. The topological polar surface area (TPSA) is 84.7 Å². The zero-order valence-electron chi connectivity index (χ0n) is 15.5. The summed E-state index contributed by atoms with van der Waals surface area (Å²) in [6.07, 6.45) is 4.98. The van der Waals surface area contributed by atoms with Crippen molar-refractivity contribution in [1.29, 1.82) is 0 Å². The van der Waals surface area contributed by atoms with E-state index in [2.05, 4.69) is 15.6 Å². The van der Waals surface area contributed by atoms with Crippen LogP contribution in [0.15, 0.2) is 55.0 Å². The van der Waals surface area contributed by atoms with E-state index in [1.807, 2.05) is 28.9 Å². The fourth-order valence-corrected chi connectivity index (χ4v) is 2.48. The lowest BCUT2D eigenvalue weighted by Crippen LogP contribution is -2.27. The first-order chi connectivity index (χ1) is 12.8. The maximum absolute atomic E-state index is 12.3. The van der Waals surface area contributed by atoms with Crippen LogP contribution in [0.1, 0.15) is 36.7 Å². The Morgan fingerprint density at radius 1 is 1.11 bits per heavy atom. The number of rotatable bonds is 4. The van der Waals surface area contributed by atoms with Crippen LogP contribution in [0.3, 0.4) is 0 Å². The van der Waals surface area contributed by atoms with Gasteiger partial charge in [0.05, 0.1) is 0 Å². The van der Waals surface area contributed by atoms with E-state index in [4.69, 9.17) is 4.74 Å². The number of ether oxygens (including phenoxy) is 1. The number of nitrogens with zero attached hydrogens (tertiary/aromatic N) is 2. The number of hydrogen-bond donors (Lipinski definition) is 2. The summed E-state index contributed by atoms with van der Waals surface area (Å²) in [5, 5.41) is 5.51. The van der Waals surface area contributed by atoms with Crippen LogP contribution in [0.2, 0.25) is 0 Å². The molecule has 140 valence electrons. The van der Waals surface area contributed by atoms with Crippen molar-refractivity contribution in [2.75, 3.05) is 5.32 Å². The van der Waals surface area contributed by atoms with Gasteiger partial charge in [-0.1, -0.05) is 6.07 Å². The molecule has 2 aromatic heterocycles. The molecule has 2 amide bonds. The summed E-state index contributed by atoms with van der Waals surface area (Å²) < 4.78 is 7.10. The first-order valence-electron chi connectivity index (χ1n) is 8.60. The molecular formula is C20H22N4O3. The third kappa shape index (κ3) is 5.07. The van der Waals surface area contributed by atoms with E-state index >= 15 is 0 Å². The maximum atomic E-state index is 12.3. The minimum atomic E-state index is -0.566. The molecule has 27 heavy (non-hydrogen) atoms. The smallest absolute Gasteiger partial charge is 0.412 e. The molecule has 7 nitrogen and oxygen atoms in total. The van der Waals surface area contributed by atoms with Crippen molar-refractivity contribution in [1.82, 2.24) is 14.7 Å². The van der Waals surface area contributed by atoms with Crippen molar-refractivity contribution in [3.05, 3.63) is 66.1 Å². The molecule has 2 heterocycles. The molecule has 0 spiro atoms. The molecule has 0 unspecified atom stereocenters. The number of carbonyl (C=O) groups is 2. The quantitative estimate of drug-likeness (QED) is 0.739. The average molecular weight is 366 g/mol. The second-order valence-electron chi connectivity index (χ2n) is 7.12. The van der Waals surface area contributed by atoms with Gasteiger partial charge < -0.3 is 14.5 Å². The summed E-state index contributed by atoms with van der Waals surface area (Å²) in [6.45, 7) is 5.80. The lowest BCUT2D eigenvalue weighted by molar-refractivity contribution is 0.0635. The predicted molar refractivity (Wildman–Crippen MR) is 103 cm³/mol. The summed E-state index contributed by atoms with van der Waals surface area (Å²) in [7, 11) is 0. The van der Waals surface area contributed by atoms with E-state index < -0.39 is 11.7 Å². The molecular weight excluding hydrogens is 344 g/mol. The maximum Gasteiger partial charge on any atom is 0.412 e. The minimum Gasteiger partial charge on any atom is -0.444 e. The molecule has 2 N–H and O–H groups in total. The normalized spacial score (nSPS) is 11.2. The number of nitrogens with one attached hydrogen (secondary N) is 2. The van der Waals surface area contributed by atoms with Crippen LogP contribution in [-0.4, -0.2) is 27.0 Å². The molecule has 3 aromatic rings. The standard InChI is InChI=1S/C20H22N4O3/c1-20(2,3)27-19(26)23-16-7-5-15(6-8-16)18(25)22-12-14-4-9-17-21-10-11-24(17)13-14/h4-11,13H,12H2,1-3H3,(H,22,25)(H,23,26). The van der Waals surface area contributed by atoms with Crippen LogP contribution < -0.4 is 10.6 Å². The Morgan fingerprint density at radius 3 is 2.56 bits per heavy atom. The third-order valence-corrected chi connectivity index (χ3v) is 3.70. The van der Waals surface area contributed by atoms with Crippen molar-refractivity contribution in [3.63, 3.8) is 0 Å². The Hall–Kier alpha value is -3.35. The molecule has 0 atom stereocenters. The Bertz CT molecular complexity index is 955. The van der Waals surface area contributed by atoms with Gasteiger partial charge in [-0.2, -0.15) is 0 Å². The van der Waals surface area contributed by atoms with E-state index in [0.717, 1.165) is 11.2 Å². The highest BCUT2D eigenvalue weighted by Gasteiger charge is 2.16. The predicted octanol–water partition coefficient (Wildman–Crippen LogP) is 3.61. The van der Waals surface area contributed by atoms with Gasteiger partial charge in [-0.15, -0.1) is 0 Å². The minimum absolute atomic E-state index is 0.190. The van der Waals surface area contributed by atoms with Crippen LogP contribution in [0.4, 0.5) is 10.5 Å². The Kier molecular flexibility index (Phi) is 5.12. The molecule has 0 saturated carbocycles. The molecule has 0 fully saturated rings. The van der Waals surface area contributed by atoms with E-state index in [-0.39, 0.29) is 5.91 Å². The fourth-order valence-electron chi connectivity index (χ4n) is 2.48. The highest BCUT2D eigenvalue weighted by molar-refractivity contribution is 5.95. The number of fused-ring (bicyclic) bond motifs is 1. The van der Waals surface area contributed by atoms with Crippen molar-refractivity contribution in [2.45, 2.75) is 32.9 Å². The molecule has 3 rings (SSSR count). The van der Waals surface area contributed by atoms with E-state index in [1.165, 1.54) is 0 Å². The Morgan fingerprint density at radius 2 is 1.85 bits per heavy atom. The first-order valence-corrected chi connectivity index (χ1v) is 8.60. The molecule has 0 bridgehead atoms. The Balaban J connectivity index is 1.56. The number of hydrogen-bond acceptors (Lipinski definition) is 4. The van der Waals surface area contributed by atoms with Crippen molar-refractivity contribution < 1.29 is 14.3 Å². The monoisotopic (exact) mass is 366 g/mol. The molecule has 0 radical (unpaired) electrons. The van der Waals surface area contributed by atoms with Crippen LogP contribution >= 0.6 is 0 Å². The van der Waals surface area contributed by atoms with Gasteiger partial charge in [0.15, 0.2) is 0 Å². The number of anilines is 1. The Labute approximate surface area is 157 Å². The number of imidazole rings is 1. The molecule has 0 aliphatic carbocycles. The number of benzene rings is 1. The second kappa shape index (κ2) is 7.49. The van der Waals surface area contributed by atoms with Crippen LogP contribution in [-0.2, 0) is 11.3 Å². The number of carbonyl (C=O) groups excluding carboxylic acids is 2. The number of amides is 2. The third-order valence-electron chi connectivity index (χ3n) is 3.70.